The zero-order valence-corrected chi connectivity index (χ0v) is 14.5. The average Bonchev–Trinajstić information content (AvgIpc) is 3.11. The first kappa shape index (κ1) is 15.8. The Morgan fingerprint density at radius 2 is 1.84 bits per heavy atom. The molecule has 1 aliphatic rings. The lowest BCUT2D eigenvalue weighted by Crippen LogP contribution is -2.46. The van der Waals surface area contributed by atoms with Crippen molar-refractivity contribution in [2.45, 2.75) is 25.4 Å². The number of carbonyl (C=O) groups excluding carboxylic acids is 1. The van der Waals surface area contributed by atoms with Crippen molar-refractivity contribution in [2.24, 2.45) is 0 Å². The van der Waals surface area contributed by atoms with Crippen LogP contribution in [0.1, 0.15) is 35.3 Å². The summed E-state index contributed by atoms with van der Waals surface area (Å²) in [6, 6.07) is 17.2. The molecule has 1 aromatic heterocycles. The van der Waals surface area contributed by atoms with Crippen LogP contribution in [0.15, 0.2) is 60.9 Å². The number of fused-ring (bicyclic) bond motifs is 1. The lowest BCUT2D eigenvalue weighted by molar-refractivity contribution is 0.0966. The van der Waals surface area contributed by atoms with Crippen molar-refractivity contribution in [1.82, 2.24) is 14.8 Å². The first-order valence-corrected chi connectivity index (χ1v) is 8.56. The van der Waals surface area contributed by atoms with E-state index in [9.17, 15) is 4.79 Å². The van der Waals surface area contributed by atoms with E-state index in [-0.39, 0.29) is 18.0 Å². The van der Waals surface area contributed by atoms with Gasteiger partial charge in [0.15, 0.2) is 0 Å². The standard InChI is InChI=1S/C19H17ClN4O/c1-13-11-17(14-5-3-2-4-6-14)24-19(21-12-22-24)23(13)18(25)15-7-9-16(20)10-8-15/h2-10,12-13,17H,11H2,1H3/t13-,17-/m0/s1. The molecule has 25 heavy (non-hydrogen) atoms. The van der Waals surface area contributed by atoms with E-state index in [1.54, 1.807) is 29.2 Å². The summed E-state index contributed by atoms with van der Waals surface area (Å²) in [6.07, 6.45) is 2.28. The number of amides is 1. The van der Waals surface area contributed by atoms with Crippen LogP contribution in [0, 0.1) is 0 Å². The monoisotopic (exact) mass is 352 g/mol. The summed E-state index contributed by atoms with van der Waals surface area (Å²) in [6.45, 7) is 2.04. The Hall–Kier alpha value is -2.66. The van der Waals surface area contributed by atoms with E-state index in [4.69, 9.17) is 11.6 Å². The molecule has 1 amide bonds. The topological polar surface area (TPSA) is 51.0 Å². The van der Waals surface area contributed by atoms with Crippen molar-refractivity contribution in [1.29, 1.82) is 0 Å². The lowest BCUT2D eigenvalue weighted by atomic mass is 9.97. The molecule has 0 spiro atoms. The van der Waals surface area contributed by atoms with Crippen LogP contribution in [0.4, 0.5) is 5.95 Å². The Morgan fingerprint density at radius 3 is 2.56 bits per heavy atom. The molecule has 0 fully saturated rings. The highest BCUT2D eigenvalue weighted by Crippen LogP contribution is 2.35. The van der Waals surface area contributed by atoms with Gasteiger partial charge in [0, 0.05) is 16.6 Å². The Labute approximate surface area is 150 Å². The van der Waals surface area contributed by atoms with Crippen LogP contribution in [0.5, 0.6) is 0 Å². The molecular weight excluding hydrogens is 336 g/mol. The first-order valence-electron chi connectivity index (χ1n) is 8.18. The second-order valence-electron chi connectivity index (χ2n) is 6.20. The fraction of sp³-hybridized carbons (Fsp3) is 0.211. The van der Waals surface area contributed by atoms with Gasteiger partial charge in [0.2, 0.25) is 5.95 Å². The van der Waals surface area contributed by atoms with Crippen LogP contribution in [0.3, 0.4) is 0 Å². The number of rotatable bonds is 2. The van der Waals surface area contributed by atoms with Crippen LogP contribution >= 0.6 is 11.6 Å². The van der Waals surface area contributed by atoms with Crippen molar-refractivity contribution in [2.75, 3.05) is 4.90 Å². The second-order valence-corrected chi connectivity index (χ2v) is 6.63. The summed E-state index contributed by atoms with van der Waals surface area (Å²) in [5.41, 5.74) is 1.75. The van der Waals surface area contributed by atoms with Crippen LogP contribution in [0.2, 0.25) is 5.02 Å². The molecule has 0 saturated heterocycles. The molecule has 1 aliphatic heterocycles. The van der Waals surface area contributed by atoms with Gasteiger partial charge < -0.3 is 0 Å². The minimum atomic E-state index is -0.0927. The van der Waals surface area contributed by atoms with E-state index in [2.05, 4.69) is 22.2 Å². The minimum absolute atomic E-state index is 0.00471. The molecule has 2 atom stereocenters. The summed E-state index contributed by atoms with van der Waals surface area (Å²) in [5.74, 6) is 0.484. The summed E-state index contributed by atoms with van der Waals surface area (Å²) < 4.78 is 1.84. The number of anilines is 1. The molecule has 0 N–H and O–H groups in total. The maximum Gasteiger partial charge on any atom is 0.260 e. The fourth-order valence-electron chi connectivity index (χ4n) is 3.34. The molecule has 6 heteroatoms. The predicted octanol–water partition coefficient (Wildman–Crippen LogP) is 3.96. The molecule has 2 aromatic carbocycles. The molecule has 3 aromatic rings. The molecule has 5 nitrogen and oxygen atoms in total. The van der Waals surface area contributed by atoms with Gasteiger partial charge in [-0.25, -0.2) is 4.68 Å². The number of halogens is 1. The van der Waals surface area contributed by atoms with Crippen molar-refractivity contribution in [3.8, 4) is 0 Å². The summed E-state index contributed by atoms with van der Waals surface area (Å²) in [4.78, 5) is 19.1. The van der Waals surface area contributed by atoms with Crippen LogP contribution in [-0.2, 0) is 0 Å². The molecule has 0 bridgehead atoms. The van der Waals surface area contributed by atoms with E-state index in [1.807, 2.05) is 29.8 Å². The quantitative estimate of drug-likeness (QED) is 0.701. The van der Waals surface area contributed by atoms with E-state index in [1.165, 1.54) is 11.9 Å². The van der Waals surface area contributed by atoms with E-state index >= 15 is 0 Å². The van der Waals surface area contributed by atoms with Crippen molar-refractivity contribution >= 4 is 23.5 Å². The summed E-state index contributed by atoms with van der Waals surface area (Å²) >= 11 is 5.93. The second kappa shape index (κ2) is 6.33. The highest BCUT2D eigenvalue weighted by Gasteiger charge is 2.36. The highest BCUT2D eigenvalue weighted by atomic mass is 35.5. The highest BCUT2D eigenvalue weighted by molar-refractivity contribution is 6.30. The maximum atomic E-state index is 13.0. The largest absolute Gasteiger partial charge is 0.274 e. The number of nitrogens with zero attached hydrogens (tertiary/aromatic N) is 4. The number of hydrogen-bond acceptors (Lipinski definition) is 3. The van der Waals surface area contributed by atoms with E-state index in [0.29, 0.717) is 16.5 Å². The van der Waals surface area contributed by atoms with E-state index < -0.39 is 0 Å². The fourth-order valence-corrected chi connectivity index (χ4v) is 3.46. The molecule has 4 rings (SSSR count). The molecule has 0 unspecified atom stereocenters. The Balaban J connectivity index is 1.73. The molecular formula is C19H17ClN4O. The van der Waals surface area contributed by atoms with Gasteiger partial charge in [0.25, 0.3) is 5.91 Å². The molecule has 0 saturated carbocycles. The van der Waals surface area contributed by atoms with Crippen molar-refractivity contribution in [3.05, 3.63) is 77.1 Å². The third kappa shape index (κ3) is 2.81. The van der Waals surface area contributed by atoms with Gasteiger partial charge in [-0.05, 0) is 43.2 Å². The number of benzene rings is 2. The normalized spacial score (nSPS) is 19.5. The Kier molecular flexibility index (Phi) is 4.01. The summed E-state index contributed by atoms with van der Waals surface area (Å²) in [5, 5.41) is 4.99. The Bertz CT molecular complexity index is 891. The smallest absolute Gasteiger partial charge is 0.260 e. The number of hydrogen-bond donors (Lipinski definition) is 0. The van der Waals surface area contributed by atoms with E-state index in [0.717, 1.165) is 6.42 Å². The zero-order valence-electron chi connectivity index (χ0n) is 13.7. The molecule has 0 aliphatic carbocycles. The summed E-state index contributed by atoms with van der Waals surface area (Å²) in [7, 11) is 0. The minimum Gasteiger partial charge on any atom is -0.274 e. The maximum absolute atomic E-state index is 13.0. The van der Waals surface area contributed by atoms with Gasteiger partial charge in [-0.3, -0.25) is 9.69 Å². The third-order valence-corrected chi connectivity index (χ3v) is 4.82. The molecule has 126 valence electrons. The molecule has 0 radical (unpaired) electrons. The van der Waals surface area contributed by atoms with Crippen LogP contribution in [-0.4, -0.2) is 26.7 Å². The zero-order chi connectivity index (χ0) is 17.4. The van der Waals surface area contributed by atoms with Gasteiger partial charge in [0.1, 0.15) is 6.33 Å². The van der Waals surface area contributed by atoms with Gasteiger partial charge in [-0.15, -0.1) is 0 Å². The van der Waals surface area contributed by atoms with Gasteiger partial charge in [-0.2, -0.15) is 10.1 Å². The number of aromatic nitrogens is 3. The first-order chi connectivity index (χ1) is 12.1. The van der Waals surface area contributed by atoms with Crippen LogP contribution < -0.4 is 4.90 Å². The van der Waals surface area contributed by atoms with Crippen molar-refractivity contribution in [3.63, 3.8) is 0 Å². The van der Waals surface area contributed by atoms with Crippen LogP contribution in [0.25, 0.3) is 0 Å². The molecule has 2 heterocycles. The Morgan fingerprint density at radius 1 is 1.12 bits per heavy atom. The van der Waals surface area contributed by atoms with Gasteiger partial charge >= 0.3 is 0 Å². The average molecular weight is 353 g/mol. The van der Waals surface area contributed by atoms with Gasteiger partial charge in [0.05, 0.1) is 6.04 Å². The SMILES string of the molecule is C[C@H]1C[C@@H](c2ccccc2)n2ncnc2N1C(=O)c1ccc(Cl)cc1. The van der Waals surface area contributed by atoms with Crippen molar-refractivity contribution < 1.29 is 4.79 Å². The third-order valence-electron chi connectivity index (χ3n) is 4.56. The lowest BCUT2D eigenvalue weighted by Gasteiger charge is -2.37. The number of carbonyl (C=O) groups is 1. The predicted molar refractivity (Wildman–Crippen MR) is 96.9 cm³/mol. The van der Waals surface area contributed by atoms with Gasteiger partial charge in [-0.1, -0.05) is 41.9 Å².